The fourth-order valence-electron chi connectivity index (χ4n) is 4.99. The largest absolute Gasteiger partial charge is 0.479 e. The number of anilines is 2. The fraction of sp³-hybridized carbons (Fsp3) is 0.400. The predicted molar refractivity (Wildman–Crippen MR) is 182 cm³/mol. The number of methoxy groups -OCH3 is 1. The highest BCUT2D eigenvalue weighted by molar-refractivity contribution is 6.00. The molecule has 0 atom stereocenters. The highest BCUT2D eigenvalue weighted by atomic mass is 16.5. The average Bonchev–Trinajstić information content (AvgIpc) is 3.86. The van der Waals surface area contributed by atoms with Gasteiger partial charge in [-0.3, -0.25) is 4.79 Å². The van der Waals surface area contributed by atoms with Crippen LogP contribution in [-0.2, 0) is 31.7 Å². The van der Waals surface area contributed by atoms with Gasteiger partial charge in [-0.05, 0) is 25.7 Å². The van der Waals surface area contributed by atoms with Crippen molar-refractivity contribution in [3.63, 3.8) is 0 Å². The smallest absolute Gasteiger partial charge is 0.343 e. The van der Waals surface area contributed by atoms with Crippen LogP contribution >= 0.6 is 0 Å². The number of aryl methyl sites for hydroxylation is 4. The van der Waals surface area contributed by atoms with Crippen LogP contribution in [0.1, 0.15) is 71.6 Å². The van der Waals surface area contributed by atoms with Crippen molar-refractivity contribution in [2.45, 2.75) is 52.4 Å². The van der Waals surface area contributed by atoms with E-state index in [1.54, 1.807) is 14.1 Å². The summed E-state index contributed by atoms with van der Waals surface area (Å²) in [5.74, 6) is -0.707. The van der Waals surface area contributed by atoms with Crippen LogP contribution in [0.15, 0.2) is 38.9 Å². The van der Waals surface area contributed by atoms with Crippen LogP contribution in [0.3, 0.4) is 0 Å². The molecule has 0 aliphatic heterocycles. The number of carbonyl (C=O) groups is 2. The van der Waals surface area contributed by atoms with E-state index in [4.69, 9.17) is 16.2 Å². The Bertz CT molecular complexity index is 1980. The summed E-state index contributed by atoms with van der Waals surface area (Å²) in [6.07, 6.45) is 6.81. The molecule has 0 spiro atoms. The van der Waals surface area contributed by atoms with Gasteiger partial charge in [0.25, 0.3) is 0 Å². The molecule has 6 N–H and O–H groups in total. The number of nitrogens with zero attached hydrogens (tertiary/aromatic N) is 14. The van der Waals surface area contributed by atoms with E-state index < -0.39 is 24.4 Å². The maximum atomic E-state index is 12.2. The first kappa shape index (κ1) is 35.9. The third-order valence-electron chi connectivity index (χ3n) is 7.74. The molecule has 0 unspecified atom stereocenters. The maximum Gasteiger partial charge on any atom is 0.343 e. The molecule has 0 radical (unpaired) electrons. The van der Waals surface area contributed by atoms with E-state index in [9.17, 15) is 19.8 Å². The molecule has 0 bridgehead atoms. The van der Waals surface area contributed by atoms with Crippen molar-refractivity contribution < 1.29 is 24.5 Å². The number of ether oxygens (including phenoxy) is 1. The third kappa shape index (κ3) is 7.32. The first-order valence-corrected chi connectivity index (χ1v) is 16.0. The van der Waals surface area contributed by atoms with Gasteiger partial charge in [0.2, 0.25) is 0 Å². The third-order valence-corrected chi connectivity index (χ3v) is 7.74. The van der Waals surface area contributed by atoms with E-state index in [1.165, 1.54) is 44.3 Å². The molecule has 51 heavy (non-hydrogen) atoms. The van der Waals surface area contributed by atoms with Gasteiger partial charge in [-0.2, -0.15) is 39.7 Å². The molecule has 0 saturated carbocycles. The summed E-state index contributed by atoms with van der Waals surface area (Å²) >= 11 is 0. The molecule has 0 aromatic carbocycles. The molecule has 0 aliphatic rings. The SMILES string of the molecule is CCCCc1nn(-c2cc(-n3nc(CCCC)c(N=Nc4c(C(=O)OC)cnn4C)c3N)nc(O)n2)c(N)c1N=Nc1c(C(=O)CO)cnn1C. The number of ketones is 1. The lowest BCUT2D eigenvalue weighted by atomic mass is 10.2. The van der Waals surface area contributed by atoms with Gasteiger partial charge in [0.15, 0.2) is 52.1 Å². The van der Waals surface area contributed by atoms with Gasteiger partial charge in [0.05, 0.1) is 36.5 Å². The highest BCUT2D eigenvalue weighted by Crippen LogP contribution is 2.35. The van der Waals surface area contributed by atoms with Crippen LogP contribution in [0, 0.1) is 0 Å². The molecule has 21 heteroatoms. The van der Waals surface area contributed by atoms with Crippen molar-refractivity contribution in [1.29, 1.82) is 0 Å². The number of aliphatic hydroxyl groups is 1. The zero-order chi connectivity index (χ0) is 36.8. The average molecular weight is 703 g/mol. The summed E-state index contributed by atoms with van der Waals surface area (Å²) in [7, 11) is 4.44. The van der Waals surface area contributed by atoms with E-state index in [0.717, 1.165) is 25.7 Å². The van der Waals surface area contributed by atoms with Crippen LogP contribution in [0.25, 0.3) is 11.6 Å². The number of Topliss-reactive ketones (excluding diaryl/α,β-unsaturated/α-hetero) is 1. The number of hydrogen-bond donors (Lipinski definition) is 4. The number of azo groups is 2. The second-order valence-corrected chi connectivity index (χ2v) is 11.3. The molecule has 0 aliphatic carbocycles. The minimum Gasteiger partial charge on any atom is -0.479 e. The van der Waals surface area contributed by atoms with Gasteiger partial charge in [0, 0.05) is 20.2 Å². The number of nitrogens with two attached hydrogens (primary N) is 2. The molecule has 0 saturated heterocycles. The Balaban J connectivity index is 1.58. The van der Waals surface area contributed by atoms with Crippen molar-refractivity contribution in [3.8, 4) is 17.6 Å². The second-order valence-electron chi connectivity index (χ2n) is 11.3. The number of esters is 1. The summed E-state index contributed by atoms with van der Waals surface area (Å²) < 4.78 is 10.1. The van der Waals surface area contributed by atoms with E-state index >= 15 is 0 Å². The first-order chi connectivity index (χ1) is 24.5. The maximum absolute atomic E-state index is 12.2. The number of rotatable bonds is 15. The number of unbranched alkanes of at least 4 members (excludes halogenated alkanes) is 2. The van der Waals surface area contributed by atoms with E-state index in [0.29, 0.717) is 24.2 Å². The van der Waals surface area contributed by atoms with Gasteiger partial charge < -0.3 is 26.4 Å². The second kappa shape index (κ2) is 15.4. The Morgan fingerprint density at radius 3 is 1.73 bits per heavy atom. The predicted octanol–water partition coefficient (Wildman–Crippen LogP) is 3.66. The summed E-state index contributed by atoms with van der Waals surface area (Å²) in [5.41, 5.74) is 14.8. The van der Waals surface area contributed by atoms with Gasteiger partial charge in [0.1, 0.15) is 12.2 Å². The normalized spacial score (nSPS) is 11.7. The lowest BCUT2D eigenvalue weighted by Gasteiger charge is -2.08. The molecular formula is C30H38N16O5. The number of hydrogen-bond acceptors (Lipinski definition) is 17. The minimum atomic E-state index is -0.721. The van der Waals surface area contributed by atoms with Crippen molar-refractivity contribution in [1.82, 2.24) is 49.1 Å². The summed E-state index contributed by atoms with van der Waals surface area (Å²) in [4.78, 5) is 32.8. The zero-order valence-corrected chi connectivity index (χ0v) is 28.7. The molecular weight excluding hydrogens is 664 g/mol. The monoisotopic (exact) mass is 702 g/mol. The Morgan fingerprint density at radius 2 is 1.27 bits per heavy atom. The highest BCUT2D eigenvalue weighted by Gasteiger charge is 2.24. The van der Waals surface area contributed by atoms with Gasteiger partial charge in [-0.15, -0.1) is 20.5 Å². The van der Waals surface area contributed by atoms with E-state index in [-0.39, 0.29) is 57.4 Å². The van der Waals surface area contributed by atoms with Crippen LogP contribution in [-0.4, -0.2) is 84.8 Å². The molecule has 268 valence electrons. The van der Waals surface area contributed by atoms with Crippen LogP contribution in [0.4, 0.5) is 34.6 Å². The van der Waals surface area contributed by atoms with Crippen molar-refractivity contribution in [2.24, 2.45) is 34.6 Å². The van der Waals surface area contributed by atoms with E-state index in [1.807, 2.05) is 13.8 Å². The summed E-state index contributed by atoms with van der Waals surface area (Å²) in [6, 6.07) is 0.848. The number of aromatic hydroxyl groups is 1. The Kier molecular flexibility index (Phi) is 10.9. The van der Waals surface area contributed by atoms with Gasteiger partial charge in [-0.25, -0.2) is 14.2 Å². The number of aromatic nitrogens is 10. The molecule has 21 nitrogen and oxygen atoms in total. The van der Waals surface area contributed by atoms with Gasteiger partial charge in [-0.1, -0.05) is 26.7 Å². The summed E-state index contributed by atoms with van der Waals surface area (Å²) in [6.45, 7) is 3.32. The van der Waals surface area contributed by atoms with Crippen LogP contribution in [0.5, 0.6) is 6.01 Å². The lowest BCUT2D eigenvalue weighted by Crippen LogP contribution is -2.09. The molecule has 5 aromatic rings. The van der Waals surface area contributed by atoms with E-state index in [2.05, 4.69) is 50.8 Å². The van der Waals surface area contributed by atoms with Crippen molar-refractivity contribution >= 4 is 46.4 Å². The van der Waals surface area contributed by atoms with Crippen LogP contribution < -0.4 is 11.5 Å². The van der Waals surface area contributed by atoms with Crippen molar-refractivity contribution in [2.75, 3.05) is 25.2 Å². The zero-order valence-electron chi connectivity index (χ0n) is 28.7. The Labute approximate surface area is 290 Å². The summed E-state index contributed by atoms with van der Waals surface area (Å²) in [5, 5.41) is 54.6. The number of carbonyl (C=O) groups excluding carboxylic acids is 2. The molecule has 5 rings (SSSR count). The van der Waals surface area contributed by atoms with Crippen LogP contribution in [0.2, 0.25) is 0 Å². The first-order valence-electron chi connectivity index (χ1n) is 16.0. The Hall–Kier alpha value is -6.38. The standard InChI is InChI=1S/C30H38N16O5/c1-6-8-10-18-23(37-39-27-16(20(48)15-47)13-33-43(27)3)25(31)45(41-18)21-12-22(36-30(50)35-21)46-26(32)24(19(42-46)11-9-7-2)38-40-28-17(29(49)51-5)14-34-44(28)4/h12-14,47H,6-11,15,31-32H2,1-5H3,(H,35,36,50). The van der Waals surface area contributed by atoms with Gasteiger partial charge >= 0.3 is 12.0 Å². The number of nitrogen functional groups attached to an aromatic ring is 2. The molecule has 0 fully saturated rings. The Morgan fingerprint density at radius 1 is 0.804 bits per heavy atom. The molecule has 5 aromatic heterocycles. The quantitative estimate of drug-likeness (QED) is 0.0689. The van der Waals surface area contributed by atoms with Crippen molar-refractivity contribution in [3.05, 3.63) is 41.0 Å². The number of aliphatic hydroxyl groups excluding tert-OH is 1. The lowest BCUT2D eigenvalue weighted by molar-refractivity contribution is 0.0601. The minimum absolute atomic E-state index is 0.0373. The fourth-order valence-corrected chi connectivity index (χ4v) is 4.99. The topological polar surface area (TPSA) is 282 Å². The molecule has 0 amide bonds. The molecule has 5 heterocycles.